The summed E-state index contributed by atoms with van der Waals surface area (Å²) in [6.07, 6.45) is -6.34. The standard InChI is InChI=1S/C25H36N8O4S.2C2HF3O2/c1-4-20-21-22(30-33(20)17-7-9-26-10-8-17)24(34)29-23(28-21)19-15-18(16-27-25(19)37-6-3)38(35,36)32-13-11-31(5-2)12-14-32;2*3-2(4,5)1(6)7/h15-17,26H,4-14H2,1-3H3,(H,28,29,34);2*(H,6,7). The number of ether oxygens (including phenoxy) is 1. The zero-order valence-corrected chi connectivity index (χ0v) is 29.0. The van der Waals surface area contributed by atoms with Crippen molar-refractivity contribution in [3.8, 4) is 17.3 Å². The molecule has 52 heavy (non-hydrogen) atoms. The summed E-state index contributed by atoms with van der Waals surface area (Å²) in [5.74, 6) is -5.08. The third kappa shape index (κ3) is 10.4. The van der Waals surface area contributed by atoms with Crippen LogP contribution in [0.2, 0.25) is 0 Å². The number of carbonyl (C=O) groups is 2. The Morgan fingerprint density at radius 2 is 1.52 bits per heavy atom. The van der Waals surface area contributed by atoms with E-state index in [0.29, 0.717) is 50.3 Å². The number of aromatic amines is 1. The normalized spacial score (nSPS) is 16.4. The number of aliphatic carboxylic acids is 2. The number of hydrogen-bond acceptors (Lipinski definition) is 11. The molecule has 2 aliphatic rings. The molecule has 4 N–H and O–H groups in total. The number of H-pyrrole nitrogens is 1. The highest BCUT2D eigenvalue weighted by molar-refractivity contribution is 7.89. The average molecular weight is 773 g/mol. The predicted molar refractivity (Wildman–Crippen MR) is 171 cm³/mol. The fourth-order valence-electron chi connectivity index (χ4n) is 5.28. The van der Waals surface area contributed by atoms with Gasteiger partial charge in [0.05, 0.1) is 30.1 Å². The fraction of sp³-hybridized carbons (Fsp3) is 0.586. The molecule has 5 heterocycles. The summed E-state index contributed by atoms with van der Waals surface area (Å²) >= 11 is 0. The van der Waals surface area contributed by atoms with Gasteiger partial charge in [-0.1, -0.05) is 13.8 Å². The van der Waals surface area contributed by atoms with E-state index in [9.17, 15) is 39.6 Å². The first-order chi connectivity index (χ1) is 24.3. The van der Waals surface area contributed by atoms with Gasteiger partial charge in [-0.2, -0.15) is 35.7 Å². The number of pyridine rings is 1. The Kier molecular flexibility index (Phi) is 14.1. The molecule has 0 unspecified atom stereocenters. The summed E-state index contributed by atoms with van der Waals surface area (Å²) in [5, 5.41) is 22.3. The molecule has 2 aliphatic heterocycles. The van der Waals surface area contributed by atoms with Crippen molar-refractivity contribution in [2.24, 2.45) is 0 Å². The van der Waals surface area contributed by atoms with Crippen molar-refractivity contribution < 1.29 is 59.3 Å². The van der Waals surface area contributed by atoms with E-state index in [-0.39, 0.29) is 33.7 Å². The molecule has 290 valence electrons. The Hall–Kier alpha value is -4.35. The van der Waals surface area contributed by atoms with Crippen molar-refractivity contribution in [1.29, 1.82) is 0 Å². The van der Waals surface area contributed by atoms with Gasteiger partial charge in [0.1, 0.15) is 16.2 Å². The zero-order chi connectivity index (χ0) is 39.0. The molecule has 5 rings (SSSR count). The molecule has 0 amide bonds. The summed E-state index contributed by atoms with van der Waals surface area (Å²) < 4.78 is 99.7. The highest BCUT2D eigenvalue weighted by Crippen LogP contribution is 2.31. The second kappa shape index (κ2) is 17.4. The lowest BCUT2D eigenvalue weighted by Gasteiger charge is -2.33. The number of sulfonamides is 1. The van der Waals surface area contributed by atoms with E-state index in [2.05, 4.69) is 32.2 Å². The molecular formula is C29H38F6N8O8S. The molecule has 0 spiro atoms. The fourth-order valence-corrected chi connectivity index (χ4v) is 6.67. The van der Waals surface area contributed by atoms with E-state index in [1.54, 1.807) is 0 Å². The van der Waals surface area contributed by atoms with Gasteiger partial charge in [0.15, 0.2) is 5.52 Å². The van der Waals surface area contributed by atoms with E-state index in [1.165, 1.54) is 16.6 Å². The van der Waals surface area contributed by atoms with Crippen molar-refractivity contribution >= 4 is 33.0 Å². The maximum atomic E-state index is 13.5. The number of alkyl halides is 6. The molecule has 0 aromatic carbocycles. The van der Waals surface area contributed by atoms with E-state index < -0.39 is 34.3 Å². The predicted octanol–water partition coefficient (Wildman–Crippen LogP) is 2.66. The largest absolute Gasteiger partial charge is 0.490 e. The molecule has 2 saturated heterocycles. The smallest absolute Gasteiger partial charge is 0.477 e. The third-order valence-electron chi connectivity index (χ3n) is 7.91. The van der Waals surface area contributed by atoms with Gasteiger partial charge in [-0.15, -0.1) is 0 Å². The Bertz CT molecular complexity index is 1850. The van der Waals surface area contributed by atoms with Gasteiger partial charge in [-0.3, -0.25) is 9.48 Å². The van der Waals surface area contributed by atoms with Gasteiger partial charge in [-0.05, 0) is 51.9 Å². The van der Waals surface area contributed by atoms with E-state index in [0.717, 1.165) is 38.2 Å². The zero-order valence-electron chi connectivity index (χ0n) is 28.2. The molecule has 16 nitrogen and oxygen atoms in total. The SMILES string of the molecule is CCOc1ncc(S(=O)(=O)N2CCN(CC)CC2)cc1-c1nc2c(CC)n(C3CCNCC3)nc2c(=O)[nH]1.O=C(O)C(F)(F)F.O=C(O)C(F)(F)F. The number of nitrogens with zero attached hydrogens (tertiary/aromatic N) is 6. The summed E-state index contributed by atoms with van der Waals surface area (Å²) in [4.78, 5) is 45.2. The molecule has 0 atom stereocenters. The van der Waals surface area contributed by atoms with Gasteiger partial charge in [0.25, 0.3) is 5.56 Å². The van der Waals surface area contributed by atoms with Gasteiger partial charge in [0, 0.05) is 26.2 Å². The van der Waals surface area contributed by atoms with Crippen molar-refractivity contribution in [2.75, 3.05) is 52.4 Å². The monoisotopic (exact) mass is 772 g/mol. The Balaban J connectivity index is 0.000000441. The molecule has 0 bridgehead atoms. The second-order valence-electron chi connectivity index (χ2n) is 11.2. The molecule has 0 aliphatic carbocycles. The number of nitrogens with one attached hydrogen (secondary N) is 2. The number of hydrogen-bond donors (Lipinski definition) is 4. The van der Waals surface area contributed by atoms with Crippen LogP contribution in [0.15, 0.2) is 22.0 Å². The van der Waals surface area contributed by atoms with Crippen molar-refractivity contribution in [3.05, 3.63) is 28.3 Å². The molecular weight excluding hydrogens is 734 g/mol. The number of likely N-dealkylation sites (N-methyl/N-ethyl adjacent to an activating group) is 1. The van der Waals surface area contributed by atoms with Crippen LogP contribution in [0.1, 0.15) is 45.3 Å². The summed E-state index contributed by atoms with van der Waals surface area (Å²) in [5.41, 5.74) is 1.65. The average Bonchev–Trinajstić information content (AvgIpc) is 3.48. The van der Waals surface area contributed by atoms with Crippen LogP contribution in [0.4, 0.5) is 26.3 Å². The number of carboxylic acid groups (broad SMARTS) is 2. The first-order valence-corrected chi connectivity index (χ1v) is 17.4. The minimum Gasteiger partial charge on any atom is -0.477 e. The van der Waals surface area contributed by atoms with Gasteiger partial charge >= 0.3 is 24.3 Å². The van der Waals surface area contributed by atoms with Crippen molar-refractivity contribution in [1.82, 2.24) is 39.3 Å². The molecule has 0 saturated carbocycles. The third-order valence-corrected chi connectivity index (χ3v) is 9.77. The minimum absolute atomic E-state index is 0.0461. The Morgan fingerprint density at radius 3 is 2.00 bits per heavy atom. The molecule has 23 heteroatoms. The molecule has 3 aromatic rings. The lowest BCUT2D eigenvalue weighted by molar-refractivity contribution is -0.193. The number of aryl methyl sites for hydroxylation is 1. The van der Waals surface area contributed by atoms with Crippen LogP contribution in [0, 0.1) is 0 Å². The van der Waals surface area contributed by atoms with Crippen LogP contribution in [-0.2, 0) is 26.0 Å². The lowest BCUT2D eigenvalue weighted by atomic mass is 10.1. The first kappa shape index (κ1) is 42.1. The molecule has 3 aromatic heterocycles. The van der Waals surface area contributed by atoms with Crippen LogP contribution >= 0.6 is 0 Å². The van der Waals surface area contributed by atoms with Gasteiger partial charge in [0.2, 0.25) is 15.9 Å². The van der Waals surface area contributed by atoms with Gasteiger partial charge in [-0.25, -0.2) is 28.0 Å². The lowest BCUT2D eigenvalue weighted by Crippen LogP contribution is -2.48. The van der Waals surface area contributed by atoms with E-state index in [4.69, 9.17) is 29.5 Å². The quantitative estimate of drug-likeness (QED) is 0.243. The Morgan fingerprint density at radius 1 is 0.962 bits per heavy atom. The highest BCUT2D eigenvalue weighted by atomic mass is 32.2. The van der Waals surface area contributed by atoms with Crippen LogP contribution in [0.25, 0.3) is 22.4 Å². The van der Waals surface area contributed by atoms with Crippen LogP contribution in [0.3, 0.4) is 0 Å². The van der Waals surface area contributed by atoms with Gasteiger partial charge < -0.3 is 30.2 Å². The van der Waals surface area contributed by atoms with Crippen LogP contribution < -0.4 is 15.6 Å². The topological polar surface area (TPSA) is 213 Å². The summed E-state index contributed by atoms with van der Waals surface area (Å²) in [6, 6.07) is 1.71. The number of piperidine rings is 1. The summed E-state index contributed by atoms with van der Waals surface area (Å²) in [7, 11) is -3.79. The maximum Gasteiger partial charge on any atom is 0.490 e. The number of halogens is 6. The number of piperazine rings is 1. The van der Waals surface area contributed by atoms with Crippen molar-refractivity contribution in [2.45, 2.75) is 63.3 Å². The number of aromatic nitrogens is 5. The van der Waals surface area contributed by atoms with E-state index in [1.807, 2.05) is 18.5 Å². The number of fused-ring (bicyclic) bond motifs is 1. The second-order valence-corrected chi connectivity index (χ2v) is 13.2. The van der Waals surface area contributed by atoms with Crippen molar-refractivity contribution in [3.63, 3.8) is 0 Å². The first-order valence-electron chi connectivity index (χ1n) is 15.9. The molecule has 0 radical (unpaired) electrons. The number of carboxylic acids is 2. The maximum absolute atomic E-state index is 13.5. The van der Waals surface area contributed by atoms with Crippen LogP contribution in [0.5, 0.6) is 5.88 Å². The Labute approximate surface area is 292 Å². The van der Waals surface area contributed by atoms with E-state index >= 15 is 0 Å². The van der Waals surface area contributed by atoms with Crippen LogP contribution in [-0.4, -0.2) is 129 Å². The molecule has 2 fully saturated rings. The minimum atomic E-state index is -5.08. The highest BCUT2D eigenvalue weighted by Gasteiger charge is 2.39. The number of rotatable bonds is 8. The summed E-state index contributed by atoms with van der Waals surface area (Å²) in [6.45, 7) is 11.1.